The van der Waals surface area contributed by atoms with Gasteiger partial charge in [0.2, 0.25) is 11.8 Å². The lowest BCUT2D eigenvalue weighted by Gasteiger charge is -2.24. The molecule has 1 saturated heterocycles. The molecule has 0 bridgehead atoms. The predicted octanol–water partition coefficient (Wildman–Crippen LogP) is 3.29. The highest BCUT2D eigenvalue weighted by Gasteiger charge is 2.40. The maximum Gasteiger partial charge on any atom is 0.269 e. The molecule has 2 aromatic carbocycles. The predicted molar refractivity (Wildman–Crippen MR) is 148 cm³/mol. The smallest absolute Gasteiger partial charge is 0.269 e. The van der Waals surface area contributed by atoms with Gasteiger partial charge < -0.3 is 16.0 Å². The monoisotopic (exact) mass is 593 g/mol. The summed E-state index contributed by atoms with van der Waals surface area (Å²) in [4.78, 5) is 58.0. The average Bonchev–Trinajstić information content (AvgIpc) is 3.58. The van der Waals surface area contributed by atoms with E-state index in [2.05, 4.69) is 20.4 Å². The van der Waals surface area contributed by atoms with Crippen LogP contribution in [0.25, 0.3) is 22.3 Å². The highest BCUT2D eigenvalue weighted by Crippen LogP contribution is 2.33. The van der Waals surface area contributed by atoms with Crippen LogP contribution in [0.3, 0.4) is 0 Å². The third-order valence-corrected chi connectivity index (χ3v) is 7.00. The molecule has 2 aromatic heterocycles. The molecule has 1 aliphatic rings. The highest BCUT2D eigenvalue weighted by molar-refractivity contribution is 6.33. The number of carbonyl (C=O) groups excluding carboxylic acids is 4. The van der Waals surface area contributed by atoms with E-state index in [4.69, 9.17) is 17.3 Å². The molecule has 214 valence electrons. The molecule has 4 aromatic rings. The summed E-state index contributed by atoms with van der Waals surface area (Å²) < 4.78 is 31.0. The Morgan fingerprint density at radius 3 is 2.48 bits per heavy atom. The molecular weight excluding hydrogens is 572 g/mol. The summed E-state index contributed by atoms with van der Waals surface area (Å²) in [6.07, 6.45) is 2.60. The van der Waals surface area contributed by atoms with Gasteiger partial charge in [-0.05, 0) is 12.1 Å². The molecule has 3 N–H and O–H groups in total. The summed E-state index contributed by atoms with van der Waals surface area (Å²) in [6, 6.07) is 9.81. The number of nitrogens with zero attached hydrogens (tertiary/aromatic N) is 5. The van der Waals surface area contributed by atoms with Gasteiger partial charge in [0, 0.05) is 52.3 Å². The number of nitrogens with two attached hydrogens (primary N) is 1. The lowest BCUT2D eigenvalue weighted by molar-refractivity contribution is -0.137. The van der Waals surface area contributed by atoms with E-state index >= 15 is 4.39 Å². The Kier molecular flexibility index (Phi) is 8.02. The number of primary amides is 1. The quantitative estimate of drug-likeness (QED) is 0.297. The van der Waals surface area contributed by atoms with E-state index < -0.39 is 42.3 Å². The first-order valence-electron chi connectivity index (χ1n) is 12.6. The fraction of sp³-hybridized carbons (Fsp3) is 0.179. The minimum absolute atomic E-state index is 0.0726. The van der Waals surface area contributed by atoms with Crippen LogP contribution in [0.1, 0.15) is 27.5 Å². The summed E-state index contributed by atoms with van der Waals surface area (Å²) in [5.41, 5.74) is 6.22. The average molecular weight is 594 g/mol. The van der Waals surface area contributed by atoms with Crippen LogP contribution in [0.15, 0.2) is 61.1 Å². The van der Waals surface area contributed by atoms with Gasteiger partial charge in [0.1, 0.15) is 18.8 Å². The van der Waals surface area contributed by atoms with Crippen molar-refractivity contribution in [3.05, 3.63) is 83.4 Å². The van der Waals surface area contributed by atoms with Crippen LogP contribution in [-0.2, 0) is 16.1 Å². The third-order valence-electron chi connectivity index (χ3n) is 6.67. The molecule has 0 radical (unpaired) electrons. The fourth-order valence-electron chi connectivity index (χ4n) is 4.70. The number of aldehydes is 1. The number of alkyl halides is 1. The maximum atomic E-state index is 15.4. The van der Waals surface area contributed by atoms with E-state index in [-0.39, 0.29) is 41.3 Å². The Labute approximate surface area is 242 Å². The molecule has 0 aliphatic carbocycles. The zero-order valence-electron chi connectivity index (χ0n) is 21.7. The number of carbonyl (C=O) groups is 4. The van der Waals surface area contributed by atoms with E-state index in [1.807, 2.05) is 0 Å². The van der Waals surface area contributed by atoms with Crippen LogP contribution in [0.5, 0.6) is 0 Å². The zero-order chi connectivity index (χ0) is 30.0. The molecule has 0 spiro atoms. The van der Waals surface area contributed by atoms with E-state index in [1.165, 1.54) is 36.8 Å². The number of rotatable bonds is 8. The van der Waals surface area contributed by atoms with Crippen LogP contribution in [0.2, 0.25) is 5.02 Å². The Morgan fingerprint density at radius 1 is 1.07 bits per heavy atom. The van der Waals surface area contributed by atoms with Crippen molar-refractivity contribution in [2.24, 2.45) is 5.73 Å². The van der Waals surface area contributed by atoms with Crippen molar-refractivity contribution in [3.63, 3.8) is 0 Å². The van der Waals surface area contributed by atoms with Crippen molar-refractivity contribution in [1.29, 1.82) is 0 Å². The summed E-state index contributed by atoms with van der Waals surface area (Å²) >= 11 is 6.21. The molecule has 1 aliphatic heterocycles. The molecular formula is C28H22ClF2N7O4. The Bertz CT molecular complexity index is 1700. The van der Waals surface area contributed by atoms with Gasteiger partial charge in [0.15, 0.2) is 23.6 Å². The van der Waals surface area contributed by atoms with Gasteiger partial charge in [-0.1, -0.05) is 41.9 Å². The number of halogens is 3. The fourth-order valence-corrected chi connectivity index (χ4v) is 4.94. The van der Waals surface area contributed by atoms with Gasteiger partial charge in [-0.2, -0.15) is 5.10 Å². The Morgan fingerprint density at radius 2 is 1.79 bits per heavy atom. The van der Waals surface area contributed by atoms with Crippen LogP contribution >= 0.6 is 11.6 Å². The van der Waals surface area contributed by atoms with Crippen LogP contribution in [-0.4, -0.2) is 67.4 Å². The summed E-state index contributed by atoms with van der Waals surface area (Å²) in [5.74, 6) is -3.14. The first-order valence-corrected chi connectivity index (χ1v) is 13.0. The minimum Gasteiger partial charge on any atom is -0.364 e. The SMILES string of the molecule is NC(=O)c1nn(CC(=O)N2C[C@H](F)C[C@H]2C(=O)Nc2cccc(-c3ccccc3Cl)c2F)cc1-c1cnc(C=O)nc1. The first kappa shape index (κ1) is 28.5. The molecule has 0 unspecified atom stereocenters. The number of amides is 3. The van der Waals surface area contributed by atoms with Gasteiger partial charge in [-0.15, -0.1) is 0 Å². The number of anilines is 1. The molecule has 2 atom stereocenters. The number of benzene rings is 2. The van der Waals surface area contributed by atoms with E-state index in [0.29, 0.717) is 22.4 Å². The normalized spacial score (nSPS) is 16.3. The minimum atomic E-state index is -1.49. The van der Waals surface area contributed by atoms with Crippen molar-refractivity contribution in [3.8, 4) is 22.3 Å². The van der Waals surface area contributed by atoms with Crippen molar-refractivity contribution < 1.29 is 28.0 Å². The second-order valence-corrected chi connectivity index (χ2v) is 9.84. The summed E-state index contributed by atoms with van der Waals surface area (Å²) in [6.45, 7) is -0.822. The van der Waals surface area contributed by atoms with Crippen molar-refractivity contribution in [2.75, 3.05) is 11.9 Å². The third kappa shape index (κ3) is 5.72. The van der Waals surface area contributed by atoms with Crippen molar-refractivity contribution in [1.82, 2.24) is 24.6 Å². The summed E-state index contributed by atoms with van der Waals surface area (Å²) in [7, 11) is 0. The molecule has 11 nitrogen and oxygen atoms in total. The molecule has 5 rings (SSSR count). The second kappa shape index (κ2) is 11.8. The van der Waals surface area contributed by atoms with Crippen LogP contribution in [0.4, 0.5) is 14.5 Å². The van der Waals surface area contributed by atoms with E-state index in [1.54, 1.807) is 24.3 Å². The molecule has 3 heterocycles. The zero-order valence-corrected chi connectivity index (χ0v) is 22.5. The molecule has 0 saturated carbocycles. The molecule has 3 amide bonds. The summed E-state index contributed by atoms with van der Waals surface area (Å²) in [5, 5.41) is 6.86. The standard InChI is InChI=1S/C28H22ClF2N7O4/c29-20-6-2-1-4-17(20)18-5-3-7-21(25(18)31)35-28(42)22-8-16(30)11-38(22)24(40)13-37-12-19(26(36-37)27(32)41)15-9-33-23(14-39)34-10-15/h1-7,9-10,12,14,16,22H,8,11,13H2,(H2,32,41)(H,35,42)/t16-,22+/m1/s1. The second-order valence-electron chi connectivity index (χ2n) is 9.43. The Hall–Kier alpha value is -5.04. The van der Waals surface area contributed by atoms with E-state index in [0.717, 1.165) is 9.58 Å². The molecule has 14 heteroatoms. The first-order chi connectivity index (χ1) is 20.2. The largest absolute Gasteiger partial charge is 0.364 e. The van der Waals surface area contributed by atoms with Gasteiger partial charge in [0.05, 0.1) is 12.2 Å². The number of hydrogen-bond acceptors (Lipinski definition) is 7. The van der Waals surface area contributed by atoms with Crippen molar-refractivity contribution in [2.45, 2.75) is 25.2 Å². The van der Waals surface area contributed by atoms with Gasteiger partial charge in [0.25, 0.3) is 5.91 Å². The number of hydrogen-bond donors (Lipinski definition) is 2. The number of nitrogens with one attached hydrogen (secondary N) is 1. The van der Waals surface area contributed by atoms with E-state index in [9.17, 15) is 23.6 Å². The van der Waals surface area contributed by atoms with Gasteiger partial charge >= 0.3 is 0 Å². The lowest BCUT2D eigenvalue weighted by Crippen LogP contribution is -2.44. The molecule has 42 heavy (non-hydrogen) atoms. The number of aromatic nitrogens is 4. The van der Waals surface area contributed by atoms with Gasteiger partial charge in [-0.3, -0.25) is 23.9 Å². The topological polar surface area (TPSA) is 153 Å². The highest BCUT2D eigenvalue weighted by atomic mass is 35.5. The number of likely N-dealkylation sites (tertiary alicyclic amines) is 1. The maximum absolute atomic E-state index is 15.4. The van der Waals surface area contributed by atoms with Crippen molar-refractivity contribution >= 4 is 41.3 Å². The van der Waals surface area contributed by atoms with Gasteiger partial charge in [-0.25, -0.2) is 18.7 Å². The molecule has 1 fully saturated rings. The van der Waals surface area contributed by atoms with Crippen LogP contribution in [0, 0.1) is 5.82 Å². The van der Waals surface area contributed by atoms with Crippen LogP contribution < -0.4 is 11.1 Å². The Balaban J connectivity index is 1.35. The lowest BCUT2D eigenvalue weighted by atomic mass is 10.0.